The Hall–Kier alpha value is -1.93. The number of carbonyl (C=O) groups is 3. The Labute approximate surface area is 145 Å². The van der Waals surface area contributed by atoms with Crippen LogP contribution >= 0.6 is 11.3 Å². The summed E-state index contributed by atoms with van der Waals surface area (Å²) >= 11 is 1.45. The highest BCUT2D eigenvalue weighted by Gasteiger charge is 2.26. The molecule has 7 nitrogen and oxygen atoms in total. The van der Waals surface area contributed by atoms with Gasteiger partial charge in [0, 0.05) is 11.9 Å². The van der Waals surface area contributed by atoms with Crippen molar-refractivity contribution < 1.29 is 19.1 Å². The topological polar surface area (TPSA) is 96.5 Å². The second-order valence-corrected chi connectivity index (χ2v) is 6.69. The van der Waals surface area contributed by atoms with E-state index in [2.05, 4.69) is 16.0 Å². The number of carbonyl (C=O) groups excluding carboxylic acids is 3. The normalized spacial score (nSPS) is 13.6. The Morgan fingerprint density at radius 1 is 1.08 bits per heavy atom. The molecule has 1 aromatic heterocycles. The zero-order valence-corrected chi connectivity index (χ0v) is 14.8. The molecule has 3 N–H and O–H groups in total. The second-order valence-electron chi connectivity index (χ2n) is 5.59. The van der Waals surface area contributed by atoms with E-state index in [4.69, 9.17) is 4.74 Å². The van der Waals surface area contributed by atoms with Crippen LogP contribution in [0, 0.1) is 0 Å². The highest BCUT2D eigenvalue weighted by Crippen LogP contribution is 2.37. The summed E-state index contributed by atoms with van der Waals surface area (Å²) in [6, 6.07) is 0. The third kappa shape index (κ3) is 4.55. The summed E-state index contributed by atoms with van der Waals surface area (Å²) in [5.74, 6) is -0.899. The van der Waals surface area contributed by atoms with Crippen LogP contribution in [0.2, 0.25) is 0 Å². The maximum atomic E-state index is 12.2. The molecular weight excluding hydrogens is 330 g/mol. The van der Waals surface area contributed by atoms with Crippen molar-refractivity contribution in [2.24, 2.45) is 0 Å². The molecule has 0 aromatic carbocycles. The fraction of sp³-hybridized carbons (Fsp3) is 0.562. The van der Waals surface area contributed by atoms with Crippen LogP contribution in [0.25, 0.3) is 0 Å². The lowest BCUT2D eigenvalue weighted by Gasteiger charge is -2.08. The number of methoxy groups -OCH3 is 1. The average Bonchev–Trinajstić information content (AvgIpc) is 2.75. The molecule has 2 amide bonds. The quantitative estimate of drug-likeness (QED) is 0.525. The molecular formula is C16H23N3O4S. The van der Waals surface area contributed by atoms with E-state index in [1.54, 1.807) is 0 Å². The minimum atomic E-state index is -0.414. The number of hydrogen-bond donors (Lipinski definition) is 3. The molecule has 1 heterocycles. The minimum absolute atomic E-state index is 0.00337. The molecule has 0 bridgehead atoms. The Morgan fingerprint density at radius 2 is 1.79 bits per heavy atom. The van der Waals surface area contributed by atoms with E-state index in [0.717, 1.165) is 42.5 Å². The first-order valence-electron chi connectivity index (χ1n) is 8.00. The van der Waals surface area contributed by atoms with Crippen molar-refractivity contribution in [2.75, 3.05) is 32.6 Å². The Bertz CT molecular complexity index is 627. The Balaban J connectivity index is 2.10. The molecule has 1 aliphatic rings. The largest absolute Gasteiger partial charge is 0.465 e. The monoisotopic (exact) mass is 353 g/mol. The number of anilines is 1. The van der Waals surface area contributed by atoms with Gasteiger partial charge < -0.3 is 15.4 Å². The van der Waals surface area contributed by atoms with Gasteiger partial charge in [-0.2, -0.15) is 0 Å². The fourth-order valence-electron chi connectivity index (χ4n) is 2.70. The molecule has 2 rings (SSSR count). The van der Waals surface area contributed by atoms with Crippen LogP contribution in [0.4, 0.5) is 5.00 Å². The molecule has 0 atom stereocenters. The van der Waals surface area contributed by atoms with Crippen molar-refractivity contribution >= 4 is 34.1 Å². The summed E-state index contributed by atoms with van der Waals surface area (Å²) in [4.78, 5) is 36.5. The number of thiophene rings is 1. The number of ether oxygens (including phenoxy) is 1. The van der Waals surface area contributed by atoms with Gasteiger partial charge in [0.05, 0.1) is 25.8 Å². The minimum Gasteiger partial charge on any atom is -0.465 e. The maximum Gasteiger partial charge on any atom is 0.341 e. The molecule has 0 aliphatic heterocycles. The molecule has 0 saturated heterocycles. The van der Waals surface area contributed by atoms with E-state index in [1.165, 1.54) is 25.5 Å². The smallest absolute Gasteiger partial charge is 0.341 e. The summed E-state index contributed by atoms with van der Waals surface area (Å²) in [5, 5.41) is 8.54. The SMILES string of the molecule is CNC(=O)CNCC(=O)Nc1sc2c(c1C(=O)OC)CCCCC2. The number of esters is 1. The van der Waals surface area contributed by atoms with Gasteiger partial charge in [-0.05, 0) is 31.2 Å². The number of amides is 2. The van der Waals surface area contributed by atoms with Gasteiger partial charge in [0.2, 0.25) is 11.8 Å². The number of likely N-dealkylation sites (N-methyl/N-ethyl adjacent to an activating group) is 1. The summed E-state index contributed by atoms with van der Waals surface area (Å²) < 4.78 is 4.90. The van der Waals surface area contributed by atoms with Crippen LogP contribution < -0.4 is 16.0 Å². The molecule has 0 saturated carbocycles. The van der Waals surface area contributed by atoms with Gasteiger partial charge in [-0.15, -0.1) is 11.3 Å². The molecule has 0 radical (unpaired) electrons. The van der Waals surface area contributed by atoms with E-state index in [-0.39, 0.29) is 24.9 Å². The van der Waals surface area contributed by atoms with Gasteiger partial charge in [-0.25, -0.2) is 4.79 Å². The summed E-state index contributed by atoms with van der Waals surface area (Å²) in [7, 11) is 2.88. The van der Waals surface area contributed by atoms with E-state index in [9.17, 15) is 14.4 Å². The average molecular weight is 353 g/mol. The van der Waals surface area contributed by atoms with Gasteiger partial charge >= 0.3 is 5.97 Å². The molecule has 8 heteroatoms. The first-order valence-corrected chi connectivity index (χ1v) is 8.82. The summed E-state index contributed by atoms with van der Waals surface area (Å²) in [5.41, 5.74) is 1.50. The predicted octanol–water partition coefficient (Wildman–Crippen LogP) is 1.08. The van der Waals surface area contributed by atoms with Crippen LogP contribution in [-0.4, -0.2) is 45.0 Å². The van der Waals surface area contributed by atoms with E-state index >= 15 is 0 Å². The van der Waals surface area contributed by atoms with E-state index < -0.39 is 5.97 Å². The Kier molecular flexibility index (Phi) is 6.74. The van der Waals surface area contributed by atoms with Gasteiger partial charge in [-0.1, -0.05) is 6.42 Å². The van der Waals surface area contributed by atoms with E-state index in [1.807, 2.05) is 0 Å². The fourth-order valence-corrected chi connectivity index (χ4v) is 3.99. The third-order valence-corrected chi connectivity index (χ3v) is 5.12. The lowest BCUT2D eigenvalue weighted by molar-refractivity contribution is -0.120. The van der Waals surface area contributed by atoms with Crippen molar-refractivity contribution in [3.05, 3.63) is 16.0 Å². The second kappa shape index (κ2) is 8.79. The lowest BCUT2D eigenvalue weighted by Crippen LogP contribution is -2.36. The van der Waals surface area contributed by atoms with Crippen LogP contribution in [0.5, 0.6) is 0 Å². The zero-order valence-electron chi connectivity index (χ0n) is 14.0. The molecule has 1 aliphatic carbocycles. The molecule has 132 valence electrons. The van der Waals surface area contributed by atoms with Gasteiger partial charge in [0.25, 0.3) is 0 Å². The number of nitrogens with one attached hydrogen (secondary N) is 3. The first-order chi connectivity index (χ1) is 11.6. The molecule has 0 fully saturated rings. The van der Waals surface area contributed by atoms with Crippen molar-refractivity contribution in [3.63, 3.8) is 0 Å². The molecule has 1 aromatic rings. The molecule has 0 unspecified atom stereocenters. The first kappa shape index (κ1) is 18.4. The summed E-state index contributed by atoms with van der Waals surface area (Å²) in [6.07, 6.45) is 5.03. The van der Waals surface area contributed by atoms with Crippen LogP contribution in [0.15, 0.2) is 0 Å². The number of rotatable bonds is 6. The Morgan fingerprint density at radius 3 is 2.50 bits per heavy atom. The number of fused-ring (bicyclic) bond motifs is 1. The standard InChI is InChI=1S/C16H23N3O4S/c1-17-12(20)8-18-9-13(21)19-15-14(16(22)23-2)10-6-4-3-5-7-11(10)24-15/h18H,3-9H2,1-2H3,(H,17,20)(H,19,21). The van der Waals surface area contributed by atoms with Gasteiger partial charge in [0.1, 0.15) is 5.00 Å². The van der Waals surface area contributed by atoms with Crippen LogP contribution in [-0.2, 0) is 27.2 Å². The van der Waals surface area contributed by atoms with Crippen LogP contribution in [0.1, 0.15) is 40.1 Å². The van der Waals surface area contributed by atoms with Crippen molar-refractivity contribution in [1.29, 1.82) is 0 Å². The molecule has 0 spiro atoms. The highest BCUT2D eigenvalue weighted by atomic mass is 32.1. The van der Waals surface area contributed by atoms with E-state index in [0.29, 0.717) is 10.6 Å². The van der Waals surface area contributed by atoms with Crippen molar-refractivity contribution in [1.82, 2.24) is 10.6 Å². The maximum absolute atomic E-state index is 12.2. The summed E-state index contributed by atoms with van der Waals surface area (Å²) in [6.45, 7) is 0.0608. The van der Waals surface area contributed by atoms with Crippen molar-refractivity contribution in [2.45, 2.75) is 32.1 Å². The van der Waals surface area contributed by atoms with Crippen molar-refractivity contribution in [3.8, 4) is 0 Å². The number of aryl methyl sites for hydroxylation is 1. The predicted molar refractivity (Wildman–Crippen MR) is 92.5 cm³/mol. The third-order valence-electron chi connectivity index (χ3n) is 3.91. The van der Waals surface area contributed by atoms with Gasteiger partial charge in [-0.3, -0.25) is 14.9 Å². The van der Waals surface area contributed by atoms with Gasteiger partial charge in [0.15, 0.2) is 0 Å². The molecule has 24 heavy (non-hydrogen) atoms. The number of hydrogen-bond acceptors (Lipinski definition) is 6. The highest BCUT2D eigenvalue weighted by molar-refractivity contribution is 7.17. The van der Waals surface area contributed by atoms with Crippen LogP contribution in [0.3, 0.4) is 0 Å². The zero-order chi connectivity index (χ0) is 17.5. The lowest BCUT2D eigenvalue weighted by atomic mass is 10.1.